The van der Waals surface area contributed by atoms with E-state index in [1.807, 2.05) is 55.5 Å². The number of halogens is 1. The summed E-state index contributed by atoms with van der Waals surface area (Å²) in [5.74, 6) is 2.29. The molecule has 0 fully saturated rings. The zero-order valence-electron chi connectivity index (χ0n) is 19.0. The number of ether oxygens (including phenoxy) is 2. The van der Waals surface area contributed by atoms with Crippen molar-refractivity contribution in [1.29, 1.82) is 0 Å². The highest BCUT2D eigenvalue weighted by Gasteiger charge is 2.11. The largest absolute Gasteiger partial charge is 0.493 e. The van der Waals surface area contributed by atoms with E-state index in [-0.39, 0.29) is 35.5 Å². The summed E-state index contributed by atoms with van der Waals surface area (Å²) >= 11 is 0. The lowest BCUT2D eigenvalue weighted by molar-refractivity contribution is 0.354. The minimum atomic E-state index is -3.14. The Kier molecular flexibility index (Phi) is 13.1. The molecule has 9 heteroatoms. The molecule has 0 radical (unpaired) electrons. The molecule has 0 bridgehead atoms. The van der Waals surface area contributed by atoms with E-state index in [4.69, 9.17) is 9.47 Å². The molecule has 0 atom stereocenters. The van der Waals surface area contributed by atoms with Crippen molar-refractivity contribution in [2.75, 3.05) is 39.6 Å². The van der Waals surface area contributed by atoms with Gasteiger partial charge in [0, 0.05) is 19.6 Å². The van der Waals surface area contributed by atoms with E-state index in [9.17, 15) is 8.42 Å². The van der Waals surface area contributed by atoms with Gasteiger partial charge < -0.3 is 20.1 Å². The SMILES string of the molecule is CCNC(=NCCCS(=O)(=O)Cc1ccccc1)NCCc1ccc(OC)c(OC)c1.I. The second-order valence-electron chi connectivity index (χ2n) is 7.06. The van der Waals surface area contributed by atoms with Crippen LogP contribution in [0.1, 0.15) is 24.5 Å². The van der Waals surface area contributed by atoms with Gasteiger partial charge in [-0.2, -0.15) is 0 Å². The van der Waals surface area contributed by atoms with Crippen LogP contribution in [0.2, 0.25) is 0 Å². The van der Waals surface area contributed by atoms with Crippen molar-refractivity contribution in [2.24, 2.45) is 4.99 Å². The minimum absolute atomic E-state index is 0. The van der Waals surface area contributed by atoms with Gasteiger partial charge in [-0.3, -0.25) is 4.99 Å². The Labute approximate surface area is 208 Å². The first-order valence-electron chi connectivity index (χ1n) is 10.4. The zero-order chi connectivity index (χ0) is 22.5. The maximum atomic E-state index is 12.3. The number of methoxy groups -OCH3 is 2. The van der Waals surface area contributed by atoms with Crippen molar-refractivity contribution < 1.29 is 17.9 Å². The highest BCUT2D eigenvalue weighted by Crippen LogP contribution is 2.27. The summed E-state index contributed by atoms with van der Waals surface area (Å²) < 4.78 is 35.2. The van der Waals surface area contributed by atoms with Gasteiger partial charge in [0.2, 0.25) is 0 Å². The van der Waals surface area contributed by atoms with Crippen LogP contribution in [0.5, 0.6) is 11.5 Å². The Balaban J connectivity index is 0.00000512. The van der Waals surface area contributed by atoms with Gasteiger partial charge in [-0.15, -0.1) is 24.0 Å². The molecule has 0 aromatic heterocycles. The predicted octanol–water partition coefficient (Wildman–Crippen LogP) is 3.42. The Hall–Kier alpha value is -2.01. The number of nitrogens with zero attached hydrogens (tertiary/aromatic N) is 1. The van der Waals surface area contributed by atoms with Crippen LogP contribution >= 0.6 is 24.0 Å². The maximum Gasteiger partial charge on any atom is 0.191 e. The van der Waals surface area contributed by atoms with Crippen LogP contribution in [-0.2, 0) is 22.0 Å². The van der Waals surface area contributed by atoms with E-state index in [2.05, 4.69) is 15.6 Å². The van der Waals surface area contributed by atoms with Gasteiger partial charge in [-0.05, 0) is 43.0 Å². The van der Waals surface area contributed by atoms with Crippen LogP contribution in [0.3, 0.4) is 0 Å². The topological polar surface area (TPSA) is 89.0 Å². The van der Waals surface area contributed by atoms with E-state index >= 15 is 0 Å². The van der Waals surface area contributed by atoms with Crippen molar-refractivity contribution >= 4 is 39.8 Å². The van der Waals surface area contributed by atoms with Crippen molar-refractivity contribution in [3.05, 3.63) is 59.7 Å². The molecule has 0 saturated carbocycles. The van der Waals surface area contributed by atoms with Gasteiger partial charge in [-0.25, -0.2) is 8.42 Å². The van der Waals surface area contributed by atoms with Crippen LogP contribution < -0.4 is 20.1 Å². The molecule has 0 aliphatic rings. The van der Waals surface area contributed by atoms with Gasteiger partial charge in [0.25, 0.3) is 0 Å². The summed E-state index contributed by atoms with van der Waals surface area (Å²) in [5, 5.41) is 6.48. The first-order chi connectivity index (χ1) is 15.0. The van der Waals surface area contributed by atoms with Crippen LogP contribution in [0.25, 0.3) is 0 Å². The lowest BCUT2D eigenvalue weighted by Gasteiger charge is -2.13. The fourth-order valence-electron chi connectivity index (χ4n) is 3.08. The zero-order valence-corrected chi connectivity index (χ0v) is 22.1. The van der Waals surface area contributed by atoms with Crippen molar-refractivity contribution in [3.63, 3.8) is 0 Å². The van der Waals surface area contributed by atoms with Crippen LogP contribution in [0.15, 0.2) is 53.5 Å². The summed E-state index contributed by atoms with van der Waals surface area (Å²) in [5.41, 5.74) is 1.93. The number of nitrogens with one attached hydrogen (secondary N) is 2. The molecule has 2 rings (SSSR count). The number of benzene rings is 2. The Bertz CT molecular complexity index is 938. The second kappa shape index (κ2) is 14.9. The molecule has 0 unspecified atom stereocenters. The predicted molar refractivity (Wildman–Crippen MR) is 141 cm³/mol. The quantitative estimate of drug-likeness (QED) is 0.175. The molecule has 0 aliphatic heterocycles. The van der Waals surface area contributed by atoms with E-state index in [0.717, 1.165) is 24.1 Å². The summed E-state index contributed by atoms with van der Waals surface area (Å²) in [6.07, 6.45) is 1.28. The normalized spacial score (nSPS) is 11.4. The standard InChI is InChI=1S/C23H33N3O4S.HI/c1-4-24-23(26-15-13-19-11-12-21(29-2)22(17-19)30-3)25-14-8-16-31(27,28)18-20-9-6-5-7-10-20;/h5-7,9-12,17H,4,8,13-16,18H2,1-3H3,(H2,24,25,26);1H. The molecule has 7 nitrogen and oxygen atoms in total. The molecule has 178 valence electrons. The second-order valence-corrected chi connectivity index (χ2v) is 9.24. The van der Waals surface area contributed by atoms with Gasteiger partial charge in [0.1, 0.15) is 0 Å². The minimum Gasteiger partial charge on any atom is -0.493 e. The van der Waals surface area contributed by atoms with E-state index in [1.165, 1.54) is 0 Å². The lowest BCUT2D eigenvalue weighted by Crippen LogP contribution is -2.38. The third kappa shape index (κ3) is 10.1. The fourth-order valence-corrected chi connectivity index (χ4v) is 4.49. The van der Waals surface area contributed by atoms with Gasteiger partial charge >= 0.3 is 0 Å². The monoisotopic (exact) mass is 575 g/mol. The van der Waals surface area contributed by atoms with Crippen LogP contribution in [0.4, 0.5) is 0 Å². The van der Waals surface area contributed by atoms with Crippen molar-refractivity contribution in [3.8, 4) is 11.5 Å². The molecule has 2 aromatic carbocycles. The van der Waals surface area contributed by atoms with Gasteiger partial charge in [0.15, 0.2) is 27.3 Å². The average Bonchev–Trinajstić information content (AvgIpc) is 2.76. The fraction of sp³-hybridized carbons (Fsp3) is 0.435. The molecule has 0 aliphatic carbocycles. The van der Waals surface area contributed by atoms with Crippen LogP contribution in [-0.4, -0.2) is 54.0 Å². The van der Waals surface area contributed by atoms with Crippen LogP contribution in [0, 0.1) is 0 Å². The van der Waals surface area contributed by atoms with Crippen molar-refractivity contribution in [2.45, 2.75) is 25.5 Å². The average molecular weight is 576 g/mol. The first kappa shape index (κ1) is 28.0. The number of hydrogen-bond acceptors (Lipinski definition) is 5. The highest BCUT2D eigenvalue weighted by atomic mass is 127. The number of hydrogen-bond donors (Lipinski definition) is 2. The molecule has 2 N–H and O–H groups in total. The lowest BCUT2D eigenvalue weighted by atomic mass is 10.1. The van der Waals surface area contributed by atoms with Gasteiger partial charge in [-0.1, -0.05) is 36.4 Å². The van der Waals surface area contributed by atoms with E-state index in [1.54, 1.807) is 14.2 Å². The molecular weight excluding hydrogens is 541 g/mol. The Morgan fingerprint density at radius 3 is 2.34 bits per heavy atom. The van der Waals surface area contributed by atoms with E-state index in [0.29, 0.717) is 37.0 Å². The van der Waals surface area contributed by atoms with E-state index < -0.39 is 9.84 Å². The number of guanidine groups is 1. The molecule has 32 heavy (non-hydrogen) atoms. The molecule has 0 saturated heterocycles. The third-order valence-electron chi connectivity index (χ3n) is 4.61. The molecule has 0 heterocycles. The Morgan fingerprint density at radius 2 is 1.69 bits per heavy atom. The van der Waals surface area contributed by atoms with Crippen molar-refractivity contribution in [1.82, 2.24) is 10.6 Å². The highest BCUT2D eigenvalue weighted by molar-refractivity contribution is 14.0. The molecule has 2 aromatic rings. The third-order valence-corrected chi connectivity index (χ3v) is 6.29. The number of aliphatic imine (C=N–C) groups is 1. The number of rotatable bonds is 12. The van der Waals surface area contributed by atoms with Gasteiger partial charge in [0.05, 0.1) is 25.7 Å². The summed E-state index contributed by atoms with van der Waals surface area (Å²) in [4.78, 5) is 4.50. The summed E-state index contributed by atoms with van der Waals surface area (Å²) in [6.45, 7) is 3.86. The molecule has 0 amide bonds. The smallest absolute Gasteiger partial charge is 0.191 e. The summed E-state index contributed by atoms with van der Waals surface area (Å²) in [7, 11) is 0.0947. The Morgan fingerprint density at radius 1 is 0.969 bits per heavy atom. The maximum absolute atomic E-state index is 12.3. The molecular formula is C23H34IN3O4S. The summed E-state index contributed by atoms with van der Waals surface area (Å²) in [6, 6.07) is 15.1. The number of sulfone groups is 1. The molecule has 0 spiro atoms. The first-order valence-corrected chi connectivity index (χ1v) is 12.3.